The van der Waals surface area contributed by atoms with E-state index in [1.54, 1.807) is 0 Å². The molecule has 11 heavy (non-hydrogen) atoms. The molecule has 1 rings (SSSR count). The van der Waals surface area contributed by atoms with Gasteiger partial charge in [0.1, 0.15) is 11.9 Å². The number of Topliss-reactive ketones (excluding diaryl/α,β-unsaturated/α-hetero) is 1. The summed E-state index contributed by atoms with van der Waals surface area (Å²) in [6.45, 7) is 0. The van der Waals surface area contributed by atoms with Crippen LogP contribution in [0.4, 0.5) is 8.78 Å². The number of rotatable bonds is 2. The van der Waals surface area contributed by atoms with Crippen LogP contribution in [0.15, 0.2) is 0 Å². The first-order valence-corrected chi connectivity index (χ1v) is 3.62. The second-order valence-electron chi connectivity index (χ2n) is 2.79. The minimum Gasteiger partial charge on any atom is -0.386 e. The molecule has 1 aliphatic rings. The highest BCUT2D eigenvalue weighted by molar-refractivity contribution is 5.83. The Morgan fingerprint density at radius 2 is 2.18 bits per heavy atom. The third-order valence-electron chi connectivity index (χ3n) is 2.02. The lowest BCUT2D eigenvalue weighted by Gasteiger charge is -2.14. The summed E-state index contributed by atoms with van der Waals surface area (Å²) >= 11 is 0. The lowest BCUT2D eigenvalue weighted by molar-refractivity contribution is -0.128. The van der Waals surface area contributed by atoms with Crippen LogP contribution < -0.4 is 0 Å². The van der Waals surface area contributed by atoms with Crippen LogP contribution in [0.2, 0.25) is 0 Å². The first-order chi connectivity index (χ1) is 5.13. The van der Waals surface area contributed by atoms with Gasteiger partial charge in [-0.1, -0.05) is 0 Å². The molecule has 1 fully saturated rings. The van der Waals surface area contributed by atoms with E-state index in [1.807, 2.05) is 0 Å². The molecule has 0 saturated heterocycles. The van der Waals surface area contributed by atoms with Gasteiger partial charge in [-0.25, -0.2) is 8.78 Å². The maximum absolute atomic E-state index is 11.9. The van der Waals surface area contributed by atoms with E-state index in [0.29, 0.717) is 19.3 Å². The van der Waals surface area contributed by atoms with Gasteiger partial charge in [0, 0.05) is 12.3 Å². The van der Waals surface area contributed by atoms with Crippen molar-refractivity contribution in [3.8, 4) is 0 Å². The van der Waals surface area contributed by atoms with Crippen LogP contribution in [0.3, 0.4) is 0 Å². The molecular formula is C7H10F2O2. The van der Waals surface area contributed by atoms with Crippen molar-refractivity contribution in [3.05, 3.63) is 0 Å². The Balaban J connectivity index is 2.52. The molecular weight excluding hydrogens is 154 g/mol. The quantitative estimate of drug-likeness (QED) is 0.660. The van der Waals surface area contributed by atoms with E-state index in [-0.39, 0.29) is 5.78 Å². The number of carbonyl (C=O) groups is 1. The number of ketones is 1. The predicted molar refractivity (Wildman–Crippen MR) is 34.4 cm³/mol. The summed E-state index contributed by atoms with van der Waals surface area (Å²) in [4.78, 5) is 10.8. The second-order valence-corrected chi connectivity index (χ2v) is 2.79. The van der Waals surface area contributed by atoms with Crippen molar-refractivity contribution in [1.82, 2.24) is 0 Å². The largest absolute Gasteiger partial charge is 0.386 e. The summed E-state index contributed by atoms with van der Waals surface area (Å²) in [5.74, 6) is -1.03. The number of hydrogen-bond donors (Lipinski definition) is 1. The standard InChI is InChI=1S/C7H10F2O2/c8-7(9)6(11)4-2-1-3-5(4)10/h4,6-7,11H,1-3H2/t4-,6+/m0/s1. The van der Waals surface area contributed by atoms with Crippen LogP contribution in [-0.4, -0.2) is 23.4 Å². The minimum absolute atomic E-state index is 0.224. The van der Waals surface area contributed by atoms with Crippen LogP contribution in [0, 0.1) is 5.92 Å². The molecule has 0 aromatic heterocycles. The van der Waals surface area contributed by atoms with E-state index in [9.17, 15) is 13.6 Å². The molecule has 0 unspecified atom stereocenters. The Bertz CT molecular complexity index is 159. The molecule has 0 radical (unpaired) electrons. The maximum Gasteiger partial charge on any atom is 0.264 e. The molecule has 0 spiro atoms. The Morgan fingerprint density at radius 3 is 2.55 bits per heavy atom. The van der Waals surface area contributed by atoms with Crippen molar-refractivity contribution < 1.29 is 18.7 Å². The molecule has 0 bridgehead atoms. The number of aliphatic hydroxyl groups excluding tert-OH is 1. The highest BCUT2D eigenvalue weighted by Gasteiger charge is 2.35. The summed E-state index contributed by atoms with van der Waals surface area (Å²) in [5.41, 5.74) is 0. The highest BCUT2D eigenvalue weighted by atomic mass is 19.3. The van der Waals surface area contributed by atoms with Crippen LogP contribution in [0.1, 0.15) is 19.3 Å². The lowest BCUT2D eigenvalue weighted by atomic mass is 10.0. The predicted octanol–water partition coefficient (Wildman–Crippen LogP) is 0.982. The average Bonchev–Trinajstić information content (AvgIpc) is 2.33. The minimum atomic E-state index is -2.79. The summed E-state index contributed by atoms with van der Waals surface area (Å²) in [5, 5.41) is 8.83. The second kappa shape index (κ2) is 3.26. The zero-order chi connectivity index (χ0) is 8.43. The van der Waals surface area contributed by atoms with Crippen molar-refractivity contribution >= 4 is 5.78 Å². The molecule has 1 N–H and O–H groups in total. The first kappa shape index (κ1) is 8.59. The van der Waals surface area contributed by atoms with E-state index in [0.717, 1.165) is 0 Å². The van der Waals surface area contributed by atoms with Gasteiger partial charge in [0.05, 0.1) is 0 Å². The van der Waals surface area contributed by atoms with Crippen LogP contribution in [0.25, 0.3) is 0 Å². The third kappa shape index (κ3) is 1.74. The number of alkyl halides is 2. The van der Waals surface area contributed by atoms with Gasteiger partial charge in [0.2, 0.25) is 0 Å². The summed E-state index contributed by atoms with van der Waals surface area (Å²) < 4.78 is 23.7. The van der Waals surface area contributed by atoms with Crippen molar-refractivity contribution in [1.29, 1.82) is 0 Å². The SMILES string of the molecule is O=C1CCC[C@@H]1[C@@H](O)C(F)F. The molecule has 64 valence electrons. The average molecular weight is 164 g/mol. The number of aliphatic hydroxyl groups is 1. The third-order valence-corrected chi connectivity index (χ3v) is 2.02. The van der Waals surface area contributed by atoms with Gasteiger partial charge >= 0.3 is 0 Å². The summed E-state index contributed by atoms with van der Waals surface area (Å²) in [6.07, 6.45) is -3.15. The molecule has 0 amide bonds. The van der Waals surface area contributed by atoms with Gasteiger partial charge < -0.3 is 5.11 Å². The van der Waals surface area contributed by atoms with Crippen LogP contribution in [0.5, 0.6) is 0 Å². The topological polar surface area (TPSA) is 37.3 Å². The van der Waals surface area contributed by atoms with Crippen LogP contribution in [-0.2, 0) is 4.79 Å². The fourth-order valence-corrected chi connectivity index (χ4v) is 1.38. The van der Waals surface area contributed by atoms with Crippen molar-refractivity contribution in [3.63, 3.8) is 0 Å². The molecule has 0 aromatic rings. The molecule has 1 aliphatic carbocycles. The van der Waals surface area contributed by atoms with Gasteiger partial charge in [-0.2, -0.15) is 0 Å². The molecule has 0 aromatic carbocycles. The monoisotopic (exact) mass is 164 g/mol. The zero-order valence-electron chi connectivity index (χ0n) is 5.96. The van der Waals surface area contributed by atoms with Gasteiger partial charge in [0.15, 0.2) is 0 Å². The fraction of sp³-hybridized carbons (Fsp3) is 0.857. The van der Waals surface area contributed by atoms with Gasteiger partial charge in [0.25, 0.3) is 6.43 Å². The Kier molecular flexibility index (Phi) is 2.54. The van der Waals surface area contributed by atoms with E-state index in [2.05, 4.69) is 0 Å². The lowest BCUT2D eigenvalue weighted by Crippen LogP contribution is -2.30. The number of halogens is 2. The highest BCUT2D eigenvalue weighted by Crippen LogP contribution is 2.27. The molecule has 4 heteroatoms. The van der Waals surface area contributed by atoms with E-state index in [4.69, 9.17) is 5.11 Å². The summed E-state index contributed by atoms with van der Waals surface area (Å²) in [7, 11) is 0. The normalized spacial score (nSPS) is 28.0. The Labute approximate surface area is 63.2 Å². The molecule has 2 atom stereocenters. The maximum atomic E-state index is 11.9. The van der Waals surface area contributed by atoms with Crippen molar-refractivity contribution in [2.75, 3.05) is 0 Å². The zero-order valence-corrected chi connectivity index (χ0v) is 5.96. The van der Waals surface area contributed by atoms with Gasteiger partial charge in [-0.3, -0.25) is 4.79 Å². The summed E-state index contributed by atoms with van der Waals surface area (Å²) in [6, 6.07) is 0. The Morgan fingerprint density at radius 1 is 1.55 bits per heavy atom. The van der Waals surface area contributed by atoms with E-state index >= 15 is 0 Å². The molecule has 1 saturated carbocycles. The fourth-order valence-electron chi connectivity index (χ4n) is 1.38. The van der Waals surface area contributed by atoms with Crippen molar-refractivity contribution in [2.24, 2.45) is 5.92 Å². The molecule has 0 aliphatic heterocycles. The molecule has 0 heterocycles. The smallest absolute Gasteiger partial charge is 0.264 e. The number of carbonyl (C=O) groups excluding carboxylic acids is 1. The van der Waals surface area contributed by atoms with Crippen molar-refractivity contribution in [2.45, 2.75) is 31.8 Å². The number of hydrogen-bond acceptors (Lipinski definition) is 2. The van der Waals surface area contributed by atoms with E-state index in [1.165, 1.54) is 0 Å². The first-order valence-electron chi connectivity index (χ1n) is 3.62. The molecule has 2 nitrogen and oxygen atoms in total. The van der Waals surface area contributed by atoms with E-state index < -0.39 is 18.4 Å². The van der Waals surface area contributed by atoms with Gasteiger partial charge in [-0.15, -0.1) is 0 Å². The van der Waals surface area contributed by atoms with Gasteiger partial charge in [-0.05, 0) is 12.8 Å². The van der Waals surface area contributed by atoms with Crippen LogP contribution >= 0.6 is 0 Å². The Hall–Kier alpha value is -0.510.